The van der Waals surface area contributed by atoms with Crippen molar-refractivity contribution in [2.24, 2.45) is 0 Å². The van der Waals surface area contributed by atoms with Crippen molar-refractivity contribution >= 4 is 40.6 Å². The summed E-state index contributed by atoms with van der Waals surface area (Å²) in [5.74, 6) is -0.728. The highest BCUT2D eigenvalue weighted by atomic mass is 35.6. The van der Waals surface area contributed by atoms with Gasteiger partial charge in [0.05, 0.1) is 11.8 Å². The van der Waals surface area contributed by atoms with E-state index in [9.17, 15) is 15.0 Å². The number of H-pyrrole nitrogens is 1. The number of aromatic amines is 1. The van der Waals surface area contributed by atoms with Crippen molar-refractivity contribution in [3.8, 4) is 0 Å². The Labute approximate surface area is 119 Å². The number of alkyl halides is 3. The molecule has 0 aliphatic rings. The molecule has 1 aromatic heterocycles. The first-order valence-corrected chi connectivity index (χ1v) is 6.21. The first kappa shape index (κ1) is 15.8. The van der Waals surface area contributed by atoms with E-state index in [1.54, 1.807) is 7.05 Å². The van der Waals surface area contributed by atoms with Crippen LogP contribution in [0.4, 0.5) is 0 Å². The Balaban J connectivity index is 2.83. The normalized spacial score (nSPS) is 15.4. The van der Waals surface area contributed by atoms with Gasteiger partial charge >= 0.3 is 0 Å². The number of carbonyl (C=O) groups is 1. The number of ketones is 1. The van der Waals surface area contributed by atoms with Gasteiger partial charge in [0.15, 0.2) is 0 Å². The third kappa shape index (κ3) is 3.85. The zero-order valence-electron chi connectivity index (χ0n) is 9.45. The Morgan fingerprint density at radius 2 is 2.11 bits per heavy atom. The van der Waals surface area contributed by atoms with E-state index < -0.39 is 21.8 Å². The lowest BCUT2D eigenvalue weighted by Crippen LogP contribution is -2.29. The van der Waals surface area contributed by atoms with E-state index in [1.165, 1.54) is 12.3 Å². The van der Waals surface area contributed by atoms with E-state index >= 15 is 0 Å². The lowest BCUT2D eigenvalue weighted by Gasteiger charge is -2.15. The maximum absolute atomic E-state index is 11.6. The van der Waals surface area contributed by atoms with Crippen molar-refractivity contribution < 1.29 is 15.0 Å². The van der Waals surface area contributed by atoms with Gasteiger partial charge in [-0.05, 0) is 13.1 Å². The van der Waals surface area contributed by atoms with Gasteiger partial charge in [-0.1, -0.05) is 34.8 Å². The molecular formula is C10H13Cl3N2O3. The minimum absolute atomic E-state index is 0.0562. The van der Waals surface area contributed by atoms with Crippen LogP contribution in [-0.4, -0.2) is 44.5 Å². The van der Waals surface area contributed by atoms with Crippen LogP contribution in [0.3, 0.4) is 0 Å². The largest absolute Gasteiger partial charge is 0.389 e. The Morgan fingerprint density at radius 1 is 1.50 bits per heavy atom. The number of rotatable bonds is 5. The van der Waals surface area contributed by atoms with Gasteiger partial charge in [-0.15, -0.1) is 0 Å². The number of carbonyl (C=O) groups excluding carboxylic acids is 1. The molecule has 0 fully saturated rings. The molecule has 102 valence electrons. The van der Waals surface area contributed by atoms with Crippen molar-refractivity contribution in [1.82, 2.24) is 10.3 Å². The van der Waals surface area contributed by atoms with Crippen LogP contribution in [0, 0.1) is 0 Å². The minimum Gasteiger partial charge on any atom is -0.389 e. The van der Waals surface area contributed by atoms with Gasteiger partial charge in [-0.3, -0.25) is 4.79 Å². The van der Waals surface area contributed by atoms with Gasteiger partial charge in [0.2, 0.25) is 5.78 Å². The van der Waals surface area contributed by atoms with Crippen LogP contribution in [0.1, 0.15) is 22.2 Å². The molecule has 0 amide bonds. The number of hydrogen-bond donors (Lipinski definition) is 4. The van der Waals surface area contributed by atoms with Crippen molar-refractivity contribution in [3.63, 3.8) is 0 Å². The molecule has 0 spiro atoms. The topological polar surface area (TPSA) is 85.3 Å². The molecule has 4 N–H and O–H groups in total. The van der Waals surface area contributed by atoms with Crippen molar-refractivity contribution in [3.05, 3.63) is 23.5 Å². The van der Waals surface area contributed by atoms with Crippen LogP contribution < -0.4 is 5.32 Å². The molecule has 1 aromatic rings. The highest BCUT2D eigenvalue weighted by molar-refractivity contribution is 6.77. The molecule has 8 heteroatoms. The summed E-state index contributed by atoms with van der Waals surface area (Å²) in [6.07, 6.45) is -0.750. The number of Topliss-reactive ketones (excluding diaryl/α,β-unsaturated/α-hetero) is 1. The average Bonchev–Trinajstić information content (AvgIpc) is 2.75. The highest BCUT2D eigenvalue weighted by Crippen LogP contribution is 2.31. The molecule has 2 unspecified atom stereocenters. The zero-order chi connectivity index (χ0) is 13.9. The molecule has 0 aliphatic carbocycles. The quantitative estimate of drug-likeness (QED) is 0.485. The molecule has 2 atom stereocenters. The number of aromatic nitrogens is 1. The predicted molar refractivity (Wildman–Crippen MR) is 70.3 cm³/mol. The van der Waals surface area contributed by atoms with E-state index in [-0.39, 0.29) is 12.2 Å². The second kappa shape index (κ2) is 6.23. The summed E-state index contributed by atoms with van der Waals surface area (Å²) in [6.45, 7) is 0.208. The summed E-state index contributed by atoms with van der Waals surface area (Å²) in [6, 6.07) is 1.34. The molecule has 0 bridgehead atoms. The van der Waals surface area contributed by atoms with Gasteiger partial charge < -0.3 is 20.5 Å². The van der Waals surface area contributed by atoms with Crippen LogP contribution in [0.15, 0.2) is 12.3 Å². The predicted octanol–water partition coefficient (Wildman–Crippen LogP) is 1.18. The van der Waals surface area contributed by atoms with E-state index in [0.29, 0.717) is 5.56 Å². The Kier molecular flexibility index (Phi) is 5.46. The summed E-state index contributed by atoms with van der Waals surface area (Å²) in [4.78, 5) is 14.2. The number of halogens is 3. The first-order chi connectivity index (χ1) is 8.27. The lowest BCUT2D eigenvalue weighted by molar-refractivity contribution is 0.0203. The van der Waals surface area contributed by atoms with Gasteiger partial charge in [-0.2, -0.15) is 0 Å². The fraction of sp³-hybridized carbons (Fsp3) is 0.500. The monoisotopic (exact) mass is 314 g/mol. The van der Waals surface area contributed by atoms with Crippen LogP contribution in [0.2, 0.25) is 0 Å². The summed E-state index contributed by atoms with van der Waals surface area (Å²) >= 11 is 16.4. The fourth-order valence-corrected chi connectivity index (χ4v) is 1.71. The third-order valence-electron chi connectivity index (χ3n) is 2.33. The number of aliphatic hydroxyl groups excluding tert-OH is 2. The van der Waals surface area contributed by atoms with E-state index in [1.807, 2.05) is 0 Å². The molecule has 0 radical (unpaired) electrons. The van der Waals surface area contributed by atoms with Crippen molar-refractivity contribution in [1.29, 1.82) is 0 Å². The molecule has 0 saturated carbocycles. The Morgan fingerprint density at radius 3 is 2.61 bits per heavy atom. The summed E-state index contributed by atoms with van der Waals surface area (Å²) in [7, 11) is 1.64. The molecule has 5 nitrogen and oxygen atoms in total. The lowest BCUT2D eigenvalue weighted by atomic mass is 10.1. The molecule has 0 aliphatic heterocycles. The Hall–Kier alpha value is -0.300. The zero-order valence-corrected chi connectivity index (χ0v) is 11.7. The SMILES string of the molecule is CNCC(O)C(O)c1c[nH]c(C(=O)C(Cl)(Cl)Cl)c1. The van der Waals surface area contributed by atoms with Gasteiger partial charge in [0, 0.05) is 18.3 Å². The molecule has 1 rings (SSSR count). The number of aliphatic hydroxyl groups is 2. The third-order valence-corrected chi connectivity index (χ3v) is 2.84. The fourth-order valence-electron chi connectivity index (χ4n) is 1.41. The van der Waals surface area contributed by atoms with Gasteiger partial charge in [0.25, 0.3) is 3.79 Å². The maximum atomic E-state index is 11.6. The summed E-state index contributed by atoms with van der Waals surface area (Å²) in [5.41, 5.74) is 0.399. The molecular weight excluding hydrogens is 302 g/mol. The van der Waals surface area contributed by atoms with Crippen molar-refractivity contribution in [2.45, 2.75) is 16.0 Å². The second-order valence-electron chi connectivity index (χ2n) is 3.74. The van der Waals surface area contributed by atoms with Crippen LogP contribution in [-0.2, 0) is 0 Å². The van der Waals surface area contributed by atoms with E-state index in [2.05, 4.69) is 10.3 Å². The average molecular weight is 316 g/mol. The maximum Gasteiger partial charge on any atom is 0.254 e. The van der Waals surface area contributed by atoms with Gasteiger partial charge in [0.1, 0.15) is 6.10 Å². The number of hydrogen-bond acceptors (Lipinski definition) is 4. The first-order valence-electron chi connectivity index (χ1n) is 5.08. The highest BCUT2D eigenvalue weighted by Gasteiger charge is 2.33. The van der Waals surface area contributed by atoms with Crippen LogP contribution >= 0.6 is 34.8 Å². The molecule has 0 saturated heterocycles. The van der Waals surface area contributed by atoms with Gasteiger partial charge in [-0.25, -0.2) is 0 Å². The van der Waals surface area contributed by atoms with E-state index in [4.69, 9.17) is 34.8 Å². The summed E-state index contributed by atoms with van der Waals surface area (Å²) < 4.78 is -2.06. The standard InChI is InChI=1S/C10H13Cl3N2O3/c1-14-4-7(16)8(17)5-2-6(15-3-5)9(18)10(11,12)13/h2-3,7-8,14-17H,4H2,1H3. The van der Waals surface area contributed by atoms with Crippen molar-refractivity contribution in [2.75, 3.05) is 13.6 Å². The molecule has 18 heavy (non-hydrogen) atoms. The number of nitrogens with one attached hydrogen (secondary N) is 2. The number of likely N-dealkylation sites (N-methyl/N-ethyl adjacent to an activating group) is 1. The smallest absolute Gasteiger partial charge is 0.254 e. The van der Waals surface area contributed by atoms with Crippen LogP contribution in [0.25, 0.3) is 0 Å². The van der Waals surface area contributed by atoms with Crippen LogP contribution in [0.5, 0.6) is 0 Å². The summed E-state index contributed by atoms with van der Waals surface area (Å²) in [5, 5.41) is 22.1. The van der Waals surface area contributed by atoms with E-state index in [0.717, 1.165) is 0 Å². The molecule has 1 heterocycles. The Bertz CT molecular complexity index is 417. The minimum atomic E-state index is -2.06. The second-order valence-corrected chi connectivity index (χ2v) is 6.02. The molecule has 0 aromatic carbocycles.